The molecule has 0 spiro atoms. The van der Waals surface area contributed by atoms with Crippen LogP contribution in [0, 0.1) is 0 Å². The summed E-state index contributed by atoms with van der Waals surface area (Å²) in [7, 11) is -3.28. The number of rotatable bonds is 5. The third kappa shape index (κ3) is 5.27. The van der Waals surface area contributed by atoms with Crippen molar-refractivity contribution >= 4 is 10.0 Å². The van der Waals surface area contributed by atoms with Crippen LogP contribution < -0.4 is 5.14 Å². The molecule has 0 amide bonds. The number of hydrogen-bond donors (Lipinski definition) is 1. The molecule has 2 N–H and O–H groups in total. The Morgan fingerprint density at radius 3 is 2.69 bits per heavy atom. The molecule has 0 aromatic heterocycles. The smallest absolute Gasteiger partial charge is 0.209 e. The van der Waals surface area contributed by atoms with Crippen LogP contribution in [0.15, 0.2) is 0 Å². The Hall–Kier alpha value is -0.130. The molecule has 1 fully saturated rings. The number of sulfonamides is 1. The first-order valence-electron chi connectivity index (χ1n) is 6.27. The highest BCUT2D eigenvalue weighted by Crippen LogP contribution is 2.19. The molecule has 1 saturated heterocycles. The van der Waals surface area contributed by atoms with E-state index >= 15 is 0 Å². The van der Waals surface area contributed by atoms with Crippen molar-refractivity contribution in [3.8, 4) is 0 Å². The molecule has 0 saturated carbocycles. The minimum atomic E-state index is -3.28. The monoisotopic (exact) mass is 248 g/mol. The first kappa shape index (κ1) is 13.9. The normalized spacial score (nSPS) is 24.2. The number of nitrogens with zero attached hydrogens (tertiary/aromatic N) is 1. The van der Waals surface area contributed by atoms with Crippen molar-refractivity contribution in [2.24, 2.45) is 5.14 Å². The molecule has 4 nitrogen and oxygen atoms in total. The molecular formula is C11H24N2O2S. The van der Waals surface area contributed by atoms with Gasteiger partial charge in [-0.15, -0.1) is 0 Å². The Balaban J connectivity index is 2.37. The van der Waals surface area contributed by atoms with E-state index in [0.29, 0.717) is 12.5 Å². The van der Waals surface area contributed by atoms with Gasteiger partial charge in [0.05, 0.1) is 5.75 Å². The Bertz CT molecular complexity index is 290. The number of hydrogen-bond acceptors (Lipinski definition) is 3. The summed E-state index contributed by atoms with van der Waals surface area (Å²) in [6, 6.07) is 0.642. The van der Waals surface area contributed by atoms with Crippen molar-refractivity contribution in [3.05, 3.63) is 0 Å². The Morgan fingerprint density at radius 1 is 1.31 bits per heavy atom. The molecule has 1 atom stereocenters. The van der Waals surface area contributed by atoms with Crippen molar-refractivity contribution in [3.63, 3.8) is 0 Å². The summed E-state index contributed by atoms with van der Waals surface area (Å²) in [5, 5.41) is 5.00. The van der Waals surface area contributed by atoms with Gasteiger partial charge in [-0.2, -0.15) is 0 Å². The zero-order valence-electron chi connectivity index (χ0n) is 10.2. The summed E-state index contributed by atoms with van der Waals surface area (Å²) in [5.74, 6) is 0.111. The molecule has 1 rings (SSSR count). The molecule has 0 aliphatic carbocycles. The highest BCUT2D eigenvalue weighted by Gasteiger charge is 2.19. The van der Waals surface area contributed by atoms with E-state index < -0.39 is 10.0 Å². The maximum absolute atomic E-state index is 10.9. The average Bonchev–Trinajstić information content (AvgIpc) is 2.41. The maximum atomic E-state index is 10.9. The second-order valence-corrected chi connectivity index (χ2v) is 6.40. The lowest BCUT2D eigenvalue weighted by atomic mass is 10.1. The van der Waals surface area contributed by atoms with Gasteiger partial charge >= 0.3 is 0 Å². The third-order valence-electron chi connectivity index (χ3n) is 3.34. The van der Waals surface area contributed by atoms with Gasteiger partial charge in [0, 0.05) is 6.04 Å². The highest BCUT2D eigenvalue weighted by atomic mass is 32.2. The van der Waals surface area contributed by atoms with E-state index in [2.05, 4.69) is 11.8 Å². The van der Waals surface area contributed by atoms with Gasteiger partial charge in [0.2, 0.25) is 10.0 Å². The van der Waals surface area contributed by atoms with E-state index in [4.69, 9.17) is 5.14 Å². The molecule has 1 aliphatic rings. The SMILES string of the molecule is CCC1CCCCCN1CCCS(N)(=O)=O. The fourth-order valence-electron chi connectivity index (χ4n) is 2.46. The molecule has 0 radical (unpaired) electrons. The standard InChI is InChI=1S/C11H24N2O2S/c1-2-11-7-4-3-5-8-13(11)9-6-10-16(12,14)15/h11H,2-10H2,1H3,(H2,12,14,15). The van der Waals surface area contributed by atoms with Gasteiger partial charge in [0.1, 0.15) is 0 Å². The van der Waals surface area contributed by atoms with Gasteiger partial charge in [-0.05, 0) is 38.8 Å². The van der Waals surface area contributed by atoms with Gasteiger partial charge in [0.25, 0.3) is 0 Å². The van der Waals surface area contributed by atoms with Crippen LogP contribution in [-0.4, -0.2) is 38.2 Å². The first-order chi connectivity index (χ1) is 7.53. The second kappa shape index (κ2) is 6.57. The minimum Gasteiger partial charge on any atom is -0.300 e. The van der Waals surface area contributed by atoms with Crippen LogP contribution in [0.4, 0.5) is 0 Å². The van der Waals surface area contributed by atoms with Crippen molar-refractivity contribution in [2.75, 3.05) is 18.8 Å². The summed E-state index contributed by atoms with van der Waals surface area (Å²) in [6.45, 7) is 4.20. The van der Waals surface area contributed by atoms with Crippen LogP contribution in [0.3, 0.4) is 0 Å². The van der Waals surface area contributed by atoms with Gasteiger partial charge < -0.3 is 4.90 Å². The van der Waals surface area contributed by atoms with Crippen molar-refractivity contribution < 1.29 is 8.42 Å². The third-order valence-corrected chi connectivity index (χ3v) is 4.20. The van der Waals surface area contributed by atoms with E-state index in [-0.39, 0.29) is 5.75 Å². The quantitative estimate of drug-likeness (QED) is 0.798. The topological polar surface area (TPSA) is 63.4 Å². The molecular weight excluding hydrogens is 224 g/mol. The molecule has 1 heterocycles. The van der Waals surface area contributed by atoms with E-state index in [1.54, 1.807) is 0 Å². The van der Waals surface area contributed by atoms with Gasteiger partial charge in [-0.1, -0.05) is 19.8 Å². The van der Waals surface area contributed by atoms with Gasteiger partial charge in [0.15, 0.2) is 0 Å². The predicted octanol–water partition coefficient (Wildman–Crippen LogP) is 1.32. The fourth-order valence-corrected chi connectivity index (χ4v) is 2.99. The zero-order valence-corrected chi connectivity index (χ0v) is 11.0. The molecule has 0 aromatic carbocycles. The second-order valence-electron chi connectivity index (χ2n) is 4.67. The van der Waals surface area contributed by atoms with E-state index in [1.807, 2.05) is 0 Å². The van der Waals surface area contributed by atoms with E-state index in [9.17, 15) is 8.42 Å². The van der Waals surface area contributed by atoms with Crippen LogP contribution >= 0.6 is 0 Å². The summed E-state index contributed by atoms with van der Waals surface area (Å²) in [6.07, 6.45) is 6.94. The lowest BCUT2D eigenvalue weighted by Gasteiger charge is -2.28. The van der Waals surface area contributed by atoms with Crippen LogP contribution in [0.5, 0.6) is 0 Å². The predicted molar refractivity (Wildman–Crippen MR) is 66.7 cm³/mol. The van der Waals surface area contributed by atoms with Crippen molar-refractivity contribution in [1.82, 2.24) is 4.90 Å². The number of likely N-dealkylation sites (tertiary alicyclic amines) is 1. The van der Waals surface area contributed by atoms with Crippen molar-refractivity contribution in [2.45, 2.75) is 51.5 Å². The zero-order chi connectivity index (χ0) is 12.0. The van der Waals surface area contributed by atoms with Crippen LogP contribution in [0.25, 0.3) is 0 Å². The number of nitrogens with two attached hydrogens (primary N) is 1. The Labute approximate surface area is 99.2 Å². The van der Waals surface area contributed by atoms with Crippen LogP contribution in [0.2, 0.25) is 0 Å². The molecule has 96 valence electrons. The first-order valence-corrected chi connectivity index (χ1v) is 7.99. The average molecular weight is 248 g/mol. The molecule has 0 aromatic rings. The largest absolute Gasteiger partial charge is 0.300 e. The summed E-state index contributed by atoms with van der Waals surface area (Å²) in [5.41, 5.74) is 0. The molecule has 1 aliphatic heterocycles. The lowest BCUT2D eigenvalue weighted by molar-refractivity contribution is 0.195. The fraction of sp³-hybridized carbons (Fsp3) is 1.00. The van der Waals surface area contributed by atoms with Crippen molar-refractivity contribution in [1.29, 1.82) is 0 Å². The molecule has 0 bridgehead atoms. The summed E-state index contributed by atoms with van der Waals surface area (Å²) in [4.78, 5) is 2.44. The summed E-state index contributed by atoms with van der Waals surface area (Å²) >= 11 is 0. The minimum absolute atomic E-state index is 0.111. The van der Waals surface area contributed by atoms with E-state index in [1.165, 1.54) is 25.7 Å². The van der Waals surface area contributed by atoms with Gasteiger partial charge in [-0.25, -0.2) is 13.6 Å². The highest BCUT2D eigenvalue weighted by molar-refractivity contribution is 7.89. The number of primary sulfonamides is 1. The maximum Gasteiger partial charge on any atom is 0.209 e. The Morgan fingerprint density at radius 2 is 2.06 bits per heavy atom. The van der Waals surface area contributed by atoms with Crippen LogP contribution in [-0.2, 0) is 10.0 Å². The summed E-state index contributed by atoms with van der Waals surface area (Å²) < 4.78 is 21.7. The van der Waals surface area contributed by atoms with Gasteiger partial charge in [-0.3, -0.25) is 0 Å². The lowest BCUT2D eigenvalue weighted by Crippen LogP contribution is -2.36. The van der Waals surface area contributed by atoms with E-state index in [0.717, 1.165) is 19.5 Å². The Kier molecular flexibility index (Phi) is 5.72. The van der Waals surface area contributed by atoms with Crippen LogP contribution in [0.1, 0.15) is 45.4 Å². The molecule has 5 heteroatoms. The molecule has 16 heavy (non-hydrogen) atoms. The molecule has 1 unspecified atom stereocenters.